The van der Waals surface area contributed by atoms with Crippen molar-refractivity contribution in [2.45, 2.75) is 0 Å². The van der Waals surface area contributed by atoms with Crippen molar-refractivity contribution in [1.82, 2.24) is 0 Å². The van der Waals surface area contributed by atoms with Crippen LogP contribution in [0.2, 0.25) is 0 Å². The molecule has 40 heavy (non-hydrogen) atoms. The number of benzene rings is 6. The van der Waals surface area contributed by atoms with Gasteiger partial charge in [0.05, 0.1) is 11.4 Å². The van der Waals surface area contributed by atoms with Crippen LogP contribution in [0.5, 0.6) is 5.75 Å². The van der Waals surface area contributed by atoms with Gasteiger partial charge in [-0.25, -0.2) is 9.69 Å². The number of ether oxygens (including phenoxy) is 1. The molecule has 3 heteroatoms. The molecular weight excluding hydrogens is 490 g/mol. The van der Waals surface area contributed by atoms with Crippen molar-refractivity contribution in [3.63, 3.8) is 0 Å². The van der Waals surface area contributed by atoms with Crippen LogP contribution in [0.3, 0.4) is 0 Å². The fraction of sp³-hybridized carbons (Fsp3) is 0. The maximum absolute atomic E-state index is 13.7. The lowest BCUT2D eigenvalue weighted by molar-refractivity contribution is 0.210. The molecule has 0 aliphatic rings. The topological polar surface area (TPSA) is 29.5 Å². The van der Waals surface area contributed by atoms with Crippen LogP contribution >= 0.6 is 0 Å². The minimum absolute atomic E-state index is 0.479. The number of anilines is 2. The Morgan fingerprint density at radius 1 is 0.375 bits per heavy atom. The van der Waals surface area contributed by atoms with Crippen molar-refractivity contribution >= 4 is 17.5 Å². The van der Waals surface area contributed by atoms with Crippen molar-refractivity contribution < 1.29 is 9.53 Å². The van der Waals surface area contributed by atoms with E-state index in [9.17, 15) is 4.79 Å². The summed E-state index contributed by atoms with van der Waals surface area (Å²) in [5.74, 6) is 0.483. The Morgan fingerprint density at radius 2 is 0.675 bits per heavy atom. The fourth-order valence-corrected chi connectivity index (χ4v) is 4.72. The Kier molecular flexibility index (Phi) is 7.19. The SMILES string of the molecule is O=C(Oc1ccc(-c2ccccc2)cc1)N(c1ccc(-c2ccccc2)cc1)c1ccc(-c2ccccc2)cc1. The molecule has 6 rings (SSSR count). The number of rotatable bonds is 6. The van der Waals surface area contributed by atoms with E-state index >= 15 is 0 Å². The molecule has 3 nitrogen and oxygen atoms in total. The molecule has 0 heterocycles. The van der Waals surface area contributed by atoms with Crippen LogP contribution in [0.25, 0.3) is 33.4 Å². The van der Waals surface area contributed by atoms with Gasteiger partial charge in [0, 0.05) is 0 Å². The smallest absolute Gasteiger partial charge is 0.410 e. The molecule has 0 saturated carbocycles. The first-order chi connectivity index (χ1) is 19.7. The van der Waals surface area contributed by atoms with Crippen LogP contribution in [-0.4, -0.2) is 6.09 Å². The normalized spacial score (nSPS) is 10.6. The van der Waals surface area contributed by atoms with E-state index in [0.29, 0.717) is 5.75 Å². The third-order valence-electron chi connectivity index (χ3n) is 6.81. The van der Waals surface area contributed by atoms with Gasteiger partial charge in [-0.05, 0) is 69.8 Å². The molecule has 6 aromatic rings. The molecule has 0 atom stereocenters. The second-order valence-electron chi connectivity index (χ2n) is 9.42. The fourth-order valence-electron chi connectivity index (χ4n) is 4.72. The lowest BCUT2D eigenvalue weighted by Crippen LogP contribution is -2.29. The molecule has 1 amide bonds. The highest BCUT2D eigenvalue weighted by Crippen LogP contribution is 2.32. The van der Waals surface area contributed by atoms with E-state index in [1.807, 2.05) is 127 Å². The highest BCUT2D eigenvalue weighted by molar-refractivity contribution is 5.97. The maximum Gasteiger partial charge on any atom is 0.424 e. The molecule has 0 aliphatic heterocycles. The lowest BCUT2D eigenvalue weighted by atomic mass is 10.0. The monoisotopic (exact) mass is 517 g/mol. The van der Waals surface area contributed by atoms with Gasteiger partial charge in [-0.15, -0.1) is 0 Å². The molecular formula is C37H27NO2. The van der Waals surface area contributed by atoms with Gasteiger partial charge in [0.15, 0.2) is 0 Å². The minimum Gasteiger partial charge on any atom is -0.410 e. The minimum atomic E-state index is -0.479. The molecule has 0 bridgehead atoms. The van der Waals surface area contributed by atoms with E-state index in [1.165, 1.54) is 0 Å². The Labute approximate surface area is 234 Å². The van der Waals surface area contributed by atoms with Crippen molar-refractivity contribution in [2.24, 2.45) is 0 Å². The number of carbonyl (C=O) groups is 1. The number of amides is 1. The van der Waals surface area contributed by atoms with Crippen LogP contribution in [0, 0.1) is 0 Å². The van der Waals surface area contributed by atoms with Crippen molar-refractivity contribution in [3.8, 4) is 39.1 Å². The number of nitrogens with zero attached hydrogens (tertiary/aromatic N) is 1. The summed E-state index contributed by atoms with van der Waals surface area (Å²) in [6.45, 7) is 0. The molecule has 0 saturated heterocycles. The zero-order chi connectivity index (χ0) is 27.1. The van der Waals surface area contributed by atoms with E-state index in [0.717, 1.165) is 44.8 Å². The molecule has 192 valence electrons. The average molecular weight is 518 g/mol. The summed E-state index contributed by atoms with van der Waals surface area (Å²) in [5.41, 5.74) is 8.00. The van der Waals surface area contributed by atoms with Crippen molar-refractivity contribution in [1.29, 1.82) is 0 Å². The van der Waals surface area contributed by atoms with Crippen LogP contribution in [0.1, 0.15) is 0 Å². The molecule has 0 spiro atoms. The summed E-state index contributed by atoms with van der Waals surface area (Å²) in [4.78, 5) is 15.3. The average Bonchev–Trinajstić information content (AvgIpc) is 3.03. The Balaban J connectivity index is 1.30. The summed E-state index contributed by atoms with van der Waals surface area (Å²) in [6.07, 6.45) is -0.479. The summed E-state index contributed by atoms with van der Waals surface area (Å²) in [5, 5.41) is 0. The molecule has 0 radical (unpaired) electrons. The lowest BCUT2D eigenvalue weighted by Gasteiger charge is -2.23. The first-order valence-corrected chi connectivity index (χ1v) is 13.2. The van der Waals surface area contributed by atoms with Crippen molar-refractivity contribution in [2.75, 3.05) is 4.90 Å². The highest BCUT2D eigenvalue weighted by Gasteiger charge is 2.21. The van der Waals surface area contributed by atoms with Gasteiger partial charge < -0.3 is 4.74 Å². The van der Waals surface area contributed by atoms with Gasteiger partial charge >= 0.3 is 6.09 Å². The van der Waals surface area contributed by atoms with Crippen LogP contribution in [0.15, 0.2) is 164 Å². The van der Waals surface area contributed by atoms with E-state index < -0.39 is 6.09 Å². The molecule has 6 aromatic carbocycles. The third kappa shape index (κ3) is 5.54. The molecule has 0 aliphatic carbocycles. The van der Waals surface area contributed by atoms with Gasteiger partial charge in [-0.2, -0.15) is 0 Å². The van der Waals surface area contributed by atoms with Crippen LogP contribution < -0.4 is 9.64 Å². The number of hydrogen-bond donors (Lipinski definition) is 0. The van der Waals surface area contributed by atoms with E-state index in [1.54, 1.807) is 4.90 Å². The zero-order valence-electron chi connectivity index (χ0n) is 21.9. The second kappa shape index (κ2) is 11.5. The first kappa shape index (κ1) is 24.9. The predicted octanol–water partition coefficient (Wildman–Crippen LogP) is 10.0. The summed E-state index contributed by atoms with van der Waals surface area (Å²) in [7, 11) is 0. The van der Waals surface area contributed by atoms with E-state index in [-0.39, 0.29) is 0 Å². The molecule has 0 fully saturated rings. The summed E-state index contributed by atoms with van der Waals surface area (Å²) < 4.78 is 5.89. The zero-order valence-corrected chi connectivity index (χ0v) is 21.9. The van der Waals surface area contributed by atoms with Gasteiger partial charge in [0.25, 0.3) is 0 Å². The standard InChI is InChI=1S/C37H27NO2/c39-37(40-36-26-20-33(21-27-36)30-14-8-3-9-15-30)38(34-22-16-31(17-23-34)28-10-4-1-5-11-28)35-24-18-32(19-25-35)29-12-6-2-7-13-29/h1-27H. The van der Waals surface area contributed by atoms with Crippen molar-refractivity contribution in [3.05, 3.63) is 164 Å². The largest absolute Gasteiger partial charge is 0.424 e. The van der Waals surface area contributed by atoms with Gasteiger partial charge in [0.2, 0.25) is 0 Å². The number of carbonyl (C=O) groups excluding carboxylic acids is 1. The van der Waals surface area contributed by atoms with E-state index in [2.05, 4.69) is 36.4 Å². The molecule has 0 unspecified atom stereocenters. The van der Waals surface area contributed by atoms with Gasteiger partial charge in [0.1, 0.15) is 5.75 Å². The highest BCUT2D eigenvalue weighted by atomic mass is 16.6. The molecule has 0 aromatic heterocycles. The Bertz CT molecular complexity index is 1600. The maximum atomic E-state index is 13.7. The first-order valence-electron chi connectivity index (χ1n) is 13.2. The predicted molar refractivity (Wildman–Crippen MR) is 164 cm³/mol. The Hall–Kier alpha value is -5.41. The third-order valence-corrected chi connectivity index (χ3v) is 6.81. The second-order valence-corrected chi connectivity index (χ2v) is 9.42. The molecule has 0 N–H and O–H groups in total. The quantitative estimate of drug-likeness (QED) is 0.220. The van der Waals surface area contributed by atoms with Gasteiger partial charge in [-0.3, -0.25) is 0 Å². The van der Waals surface area contributed by atoms with Gasteiger partial charge in [-0.1, -0.05) is 127 Å². The summed E-state index contributed by atoms with van der Waals surface area (Å²) in [6, 6.07) is 54.0. The van der Waals surface area contributed by atoms with E-state index in [4.69, 9.17) is 4.74 Å². The number of hydrogen-bond acceptors (Lipinski definition) is 2. The van der Waals surface area contributed by atoms with Crippen LogP contribution in [0.4, 0.5) is 16.2 Å². The van der Waals surface area contributed by atoms with Crippen LogP contribution in [-0.2, 0) is 0 Å². The Morgan fingerprint density at radius 3 is 1.02 bits per heavy atom. The summed E-state index contributed by atoms with van der Waals surface area (Å²) >= 11 is 0.